The lowest BCUT2D eigenvalue weighted by Crippen LogP contribution is -2.06. The summed E-state index contributed by atoms with van der Waals surface area (Å²) in [5.74, 6) is 0.409. The molecule has 1 amide bonds. The molecule has 4 N–H and O–H groups in total. The zero-order chi connectivity index (χ0) is 20.8. The highest BCUT2D eigenvalue weighted by Crippen LogP contribution is 2.31. The SMILES string of the molecule is COC(=O)c1ccc(Oc2ncnc(Nc3ccc(NC(C)=O)cc3)c2N)cc1. The predicted octanol–water partition coefficient (Wildman–Crippen LogP) is 3.34. The molecule has 0 saturated carbocycles. The molecule has 29 heavy (non-hydrogen) atoms. The summed E-state index contributed by atoms with van der Waals surface area (Å²) in [5.41, 5.74) is 8.15. The molecule has 1 heterocycles. The Balaban J connectivity index is 1.74. The van der Waals surface area contributed by atoms with Crippen LogP contribution in [0.4, 0.5) is 22.9 Å². The quantitative estimate of drug-likeness (QED) is 0.544. The van der Waals surface area contributed by atoms with Gasteiger partial charge in [0.2, 0.25) is 11.8 Å². The minimum absolute atomic E-state index is 0.146. The lowest BCUT2D eigenvalue weighted by molar-refractivity contribution is -0.114. The Labute approximate surface area is 166 Å². The molecule has 0 saturated heterocycles. The second kappa shape index (κ2) is 8.70. The zero-order valence-corrected chi connectivity index (χ0v) is 15.8. The number of hydrogen-bond donors (Lipinski definition) is 3. The zero-order valence-electron chi connectivity index (χ0n) is 15.8. The molecule has 0 aliphatic rings. The summed E-state index contributed by atoms with van der Waals surface area (Å²) in [6, 6.07) is 13.4. The molecule has 3 rings (SSSR count). The number of amides is 1. The number of rotatable bonds is 6. The third-order valence-corrected chi connectivity index (χ3v) is 3.81. The molecule has 9 nitrogen and oxygen atoms in total. The first-order valence-corrected chi connectivity index (χ1v) is 8.57. The van der Waals surface area contributed by atoms with E-state index in [4.69, 9.17) is 10.5 Å². The maximum atomic E-state index is 11.5. The summed E-state index contributed by atoms with van der Waals surface area (Å²) in [6.07, 6.45) is 1.32. The lowest BCUT2D eigenvalue weighted by atomic mass is 10.2. The third kappa shape index (κ3) is 4.98. The summed E-state index contributed by atoms with van der Waals surface area (Å²) >= 11 is 0. The van der Waals surface area contributed by atoms with E-state index in [0.717, 1.165) is 5.69 Å². The van der Waals surface area contributed by atoms with Gasteiger partial charge in [0.05, 0.1) is 12.7 Å². The Morgan fingerprint density at radius 1 is 0.966 bits per heavy atom. The number of nitrogens with two attached hydrogens (primary N) is 1. The van der Waals surface area contributed by atoms with Crippen LogP contribution in [-0.2, 0) is 9.53 Å². The topological polar surface area (TPSA) is 128 Å². The average molecular weight is 393 g/mol. The van der Waals surface area contributed by atoms with Crippen molar-refractivity contribution < 1.29 is 19.1 Å². The van der Waals surface area contributed by atoms with Gasteiger partial charge in [-0.05, 0) is 48.5 Å². The van der Waals surface area contributed by atoms with Crippen LogP contribution in [0.15, 0.2) is 54.9 Å². The van der Waals surface area contributed by atoms with E-state index in [0.29, 0.717) is 22.8 Å². The average Bonchev–Trinajstić information content (AvgIpc) is 2.72. The monoisotopic (exact) mass is 393 g/mol. The highest BCUT2D eigenvalue weighted by atomic mass is 16.5. The van der Waals surface area contributed by atoms with Gasteiger partial charge in [-0.25, -0.2) is 9.78 Å². The van der Waals surface area contributed by atoms with E-state index in [-0.39, 0.29) is 17.5 Å². The van der Waals surface area contributed by atoms with Crippen molar-refractivity contribution in [3.05, 3.63) is 60.4 Å². The van der Waals surface area contributed by atoms with Gasteiger partial charge in [-0.15, -0.1) is 0 Å². The molecule has 0 atom stereocenters. The highest BCUT2D eigenvalue weighted by Gasteiger charge is 2.12. The Hall–Kier alpha value is -4.14. The van der Waals surface area contributed by atoms with Gasteiger partial charge in [-0.3, -0.25) is 4.79 Å². The van der Waals surface area contributed by atoms with Crippen molar-refractivity contribution in [1.29, 1.82) is 0 Å². The van der Waals surface area contributed by atoms with Crippen LogP contribution >= 0.6 is 0 Å². The number of anilines is 4. The minimum Gasteiger partial charge on any atom is -0.465 e. The largest absolute Gasteiger partial charge is 0.465 e. The van der Waals surface area contributed by atoms with E-state index in [9.17, 15) is 9.59 Å². The number of hydrogen-bond acceptors (Lipinski definition) is 8. The third-order valence-electron chi connectivity index (χ3n) is 3.81. The number of nitrogens with zero attached hydrogens (tertiary/aromatic N) is 2. The molecule has 9 heteroatoms. The van der Waals surface area contributed by atoms with Crippen LogP contribution in [0.25, 0.3) is 0 Å². The molecule has 3 aromatic rings. The smallest absolute Gasteiger partial charge is 0.337 e. The standard InChI is InChI=1S/C20H19N5O4/c1-12(26)24-14-5-7-15(8-6-14)25-18-17(21)19(23-11-22-18)29-16-9-3-13(4-10-16)20(27)28-2/h3-11H,21H2,1-2H3,(H,24,26)(H,22,23,25). The first kappa shape index (κ1) is 19.6. The summed E-state index contributed by atoms with van der Waals surface area (Å²) in [6.45, 7) is 1.44. The van der Waals surface area contributed by atoms with Crippen LogP contribution in [0.2, 0.25) is 0 Å². The molecule has 1 aromatic heterocycles. The number of nitrogens with one attached hydrogen (secondary N) is 2. The second-order valence-corrected chi connectivity index (χ2v) is 5.94. The summed E-state index contributed by atoms with van der Waals surface area (Å²) in [7, 11) is 1.32. The van der Waals surface area contributed by atoms with Crippen molar-refractivity contribution in [1.82, 2.24) is 9.97 Å². The molecule has 0 radical (unpaired) electrons. The molecular weight excluding hydrogens is 374 g/mol. The molecule has 148 valence electrons. The van der Waals surface area contributed by atoms with E-state index in [1.54, 1.807) is 48.5 Å². The van der Waals surface area contributed by atoms with Gasteiger partial charge in [-0.1, -0.05) is 0 Å². The van der Waals surface area contributed by atoms with Crippen molar-refractivity contribution in [2.24, 2.45) is 0 Å². The van der Waals surface area contributed by atoms with Crippen LogP contribution in [0, 0.1) is 0 Å². The molecule has 0 unspecified atom stereocenters. The number of carbonyl (C=O) groups is 2. The lowest BCUT2D eigenvalue weighted by Gasteiger charge is -2.12. The Morgan fingerprint density at radius 3 is 2.24 bits per heavy atom. The number of aromatic nitrogens is 2. The van der Waals surface area contributed by atoms with Gasteiger partial charge in [0, 0.05) is 18.3 Å². The van der Waals surface area contributed by atoms with Crippen molar-refractivity contribution >= 4 is 34.8 Å². The molecule has 0 spiro atoms. The molecular formula is C20H19N5O4. The fourth-order valence-corrected chi connectivity index (χ4v) is 2.43. The molecule has 0 bridgehead atoms. The first-order chi connectivity index (χ1) is 14.0. The molecule has 0 aliphatic heterocycles. The van der Waals surface area contributed by atoms with Crippen LogP contribution < -0.4 is 21.1 Å². The van der Waals surface area contributed by atoms with Gasteiger partial charge in [-0.2, -0.15) is 4.98 Å². The van der Waals surface area contributed by atoms with Gasteiger partial charge < -0.3 is 25.8 Å². The molecule has 0 fully saturated rings. The van der Waals surface area contributed by atoms with Crippen LogP contribution in [0.3, 0.4) is 0 Å². The van der Waals surface area contributed by atoms with E-state index >= 15 is 0 Å². The Kier molecular flexibility index (Phi) is 5.88. The summed E-state index contributed by atoms with van der Waals surface area (Å²) in [5, 5.41) is 5.77. The van der Waals surface area contributed by atoms with E-state index < -0.39 is 5.97 Å². The van der Waals surface area contributed by atoms with Crippen molar-refractivity contribution in [2.75, 3.05) is 23.5 Å². The van der Waals surface area contributed by atoms with Crippen molar-refractivity contribution in [3.63, 3.8) is 0 Å². The number of benzene rings is 2. The number of ether oxygens (including phenoxy) is 2. The number of esters is 1. The van der Waals surface area contributed by atoms with Gasteiger partial charge in [0.25, 0.3) is 0 Å². The maximum Gasteiger partial charge on any atom is 0.337 e. The molecule has 2 aromatic carbocycles. The fourth-order valence-electron chi connectivity index (χ4n) is 2.43. The first-order valence-electron chi connectivity index (χ1n) is 8.57. The van der Waals surface area contributed by atoms with Gasteiger partial charge in [0.15, 0.2) is 5.82 Å². The number of methoxy groups -OCH3 is 1. The van der Waals surface area contributed by atoms with Gasteiger partial charge >= 0.3 is 5.97 Å². The van der Waals surface area contributed by atoms with E-state index in [1.807, 2.05) is 0 Å². The summed E-state index contributed by atoms with van der Waals surface area (Å²) < 4.78 is 10.4. The van der Waals surface area contributed by atoms with Crippen LogP contribution in [0.5, 0.6) is 11.6 Å². The summed E-state index contributed by atoms with van der Waals surface area (Å²) in [4.78, 5) is 30.8. The van der Waals surface area contributed by atoms with E-state index in [1.165, 1.54) is 20.4 Å². The normalized spacial score (nSPS) is 10.1. The number of carbonyl (C=O) groups excluding carboxylic acids is 2. The Morgan fingerprint density at radius 2 is 1.62 bits per heavy atom. The maximum absolute atomic E-state index is 11.5. The highest BCUT2D eigenvalue weighted by molar-refractivity contribution is 5.89. The second-order valence-electron chi connectivity index (χ2n) is 5.94. The Bertz CT molecular complexity index is 1020. The van der Waals surface area contributed by atoms with Crippen molar-refractivity contribution in [3.8, 4) is 11.6 Å². The predicted molar refractivity (Wildman–Crippen MR) is 108 cm³/mol. The van der Waals surface area contributed by atoms with Crippen molar-refractivity contribution in [2.45, 2.75) is 6.92 Å². The van der Waals surface area contributed by atoms with Gasteiger partial charge in [0.1, 0.15) is 17.8 Å². The number of nitrogen functional groups attached to an aromatic ring is 1. The van der Waals surface area contributed by atoms with Crippen LogP contribution in [-0.4, -0.2) is 29.0 Å². The van der Waals surface area contributed by atoms with Crippen LogP contribution in [0.1, 0.15) is 17.3 Å². The minimum atomic E-state index is -0.436. The van der Waals surface area contributed by atoms with E-state index in [2.05, 4.69) is 25.3 Å². The fraction of sp³-hybridized carbons (Fsp3) is 0.100. The molecule has 0 aliphatic carbocycles.